The van der Waals surface area contributed by atoms with Crippen molar-refractivity contribution in [2.75, 3.05) is 19.7 Å². The first-order valence-electron chi connectivity index (χ1n) is 7.29. The largest absolute Gasteiger partial charge is 0.370 e. The maximum Gasteiger partial charge on any atom is 0.294 e. The van der Waals surface area contributed by atoms with Crippen LogP contribution in [0.1, 0.15) is 38.5 Å². The van der Waals surface area contributed by atoms with Gasteiger partial charge in [-0.1, -0.05) is 12.8 Å². The average molecular weight is 318 g/mol. The summed E-state index contributed by atoms with van der Waals surface area (Å²) in [6.07, 6.45) is 4.25. The molecule has 0 bridgehead atoms. The van der Waals surface area contributed by atoms with Gasteiger partial charge in [-0.25, -0.2) is 0 Å². The van der Waals surface area contributed by atoms with E-state index in [9.17, 15) is 14.9 Å². The lowest BCUT2D eigenvalue weighted by molar-refractivity contribution is -0.757. The van der Waals surface area contributed by atoms with E-state index in [1.54, 1.807) is 0 Å². The number of rotatable bonds is 13. The van der Waals surface area contributed by atoms with Crippen LogP contribution in [-0.2, 0) is 9.63 Å². The van der Waals surface area contributed by atoms with Crippen molar-refractivity contribution < 1.29 is 14.7 Å². The highest BCUT2D eigenvalue weighted by molar-refractivity contribution is 5.81. The lowest BCUT2D eigenvalue weighted by Crippen LogP contribution is -2.41. The summed E-state index contributed by atoms with van der Waals surface area (Å²) >= 11 is 0. The fourth-order valence-corrected chi connectivity index (χ4v) is 1.71. The summed E-state index contributed by atoms with van der Waals surface area (Å²) in [4.78, 5) is 29.6. The molecule has 1 atom stereocenters. The zero-order chi connectivity index (χ0) is 16.8. The monoisotopic (exact) mass is 318 g/mol. The zero-order valence-electron chi connectivity index (χ0n) is 12.7. The van der Waals surface area contributed by atoms with Crippen molar-refractivity contribution in [3.8, 4) is 0 Å². The molecule has 0 aromatic rings. The summed E-state index contributed by atoms with van der Waals surface area (Å²) in [5.74, 6) is -0.164. The van der Waals surface area contributed by atoms with Gasteiger partial charge in [-0.3, -0.25) is 9.79 Å². The molecule has 1 amide bonds. The summed E-state index contributed by atoms with van der Waals surface area (Å²) in [7, 11) is 0. The summed E-state index contributed by atoms with van der Waals surface area (Å²) in [6.45, 7) is 1.10. The van der Waals surface area contributed by atoms with Crippen LogP contribution < -0.4 is 22.5 Å². The van der Waals surface area contributed by atoms with E-state index in [0.29, 0.717) is 32.4 Å². The summed E-state index contributed by atoms with van der Waals surface area (Å²) in [6, 6.07) is -0.567. The van der Waals surface area contributed by atoms with Crippen LogP contribution in [0.4, 0.5) is 0 Å². The molecule has 1 unspecified atom stereocenters. The number of nitrogens with zero attached hydrogens (tertiary/aromatic N) is 2. The van der Waals surface area contributed by atoms with Crippen LogP contribution in [0.2, 0.25) is 0 Å². The van der Waals surface area contributed by atoms with Crippen molar-refractivity contribution in [3.63, 3.8) is 0 Å². The van der Waals surface area contributed by atoms with Crippen molar-refractivity contribution in [2.24, 2.45) is 22.2 Å². The van der Waals surface area contributed by atoms with Crippen LogP contribution in [0.5, 0.6) is 0 Å². The Balaban J connectivity index is 3.48. The number of unbranched alkanes of at least 4 members (excludes halogenated alkanes) is 3. The molecule has 7 N–H and O–H groups in total. The molecule has 10 nitrogen and oxygen atoms in total. The standard InChI is InChI=1S/C12H26N6O4/c13-10(6-5-8-17-12(14)15)11(19)16-7-3-1-2-4-9-22-18(20)21/h10H,1-9,13H2,(H,16,19)(H4,14,15,17). The summed E-state index contributed by atoms with van der Waals surface area (Å²) in [5, 5.41) is 11.9. The van der Waals surface area contributed by atoms with Crippen molar-refractivity contribution in [1.82, 2.24) is 5.32 Å². The molecule has 22 heavy (non-hydrogen) atoms. The number of amides is 1. The smallest absolute Gasteiger partial charge is 0.294 e. The number of carbonyl (C=O) groups excluding carboxylic acids is 1. The summed E-state index contributed by atoms with van der Waals surface area (Å²) < 4.78 is 0. The molecule has 0 rings (SSSR count). The van der Waals surface area contributed by atoms with Crippen LogP contribution in [-0.4, -0.2) is 42.7 Å². The molecule has 0 fully saturated rings. The minimum atomic E-state index is -0.797. The van der Waals surface area contributed by atoms with Crippen molar-refractivity contribution in [1.29, 1.82) is 0 Å². The van der Waals surface area contributed by atoms with Gasteiger partial charge in [-0.05, 0) is 25.7 Å². The van der Waals surface area contributed by atoms with Gasteiger partial charge in [0.05, 0.1) is 12.6 Å². The first kappa shape index (κ1) is 19.9. The average Bonchev–Trinajstić information content (AvgIpc) is 2.45. The maximum absolute atomic E-state index is 11.7. The molecule has 0 aromatic carbocycles. The number of nitrogens with two attached hydrogens (primary N) is 3. The molecule has 0 saturated heterocycles. The lowest BCUT2D eigenvalue weighted by Gasteiger charge is -2.11. The van der Waals surface area contributed by atoms with E-state index in [2.05, 4.69) is 15.1 Å². The minimum Gasteiger partial charge on any atom is -0.370 e. The Labute approximate surface area is 129 Å². The van der Waals surface area contributed by atoms with Crippen molar-refractivity contribution >= 4 is 11.9 Å². The number of carbonyl (C=O) groups is 1. The molecule has 128 valence electrons. The highest BCUT2D eigenvalue weighted by Crippen LogP contribution is 2.00. The van der Waals surface area contributed by atoms with Gasteiger partial charge in [-0.15, -0.1) is 10.1 Å². The van der Waals surface area contributed by atoms with Gasteiger partial charge in [0.2, 0.25) is 5.91 Å². The maximum atomic E-state index is 11.7. The van der Waals surface area contributed by atoms with Gasteiger partial charge in [0.15, 0.2) is 5.96 Å². The summed E-state index contributed by atoms with van der Waals surface area (Å²) in [5.41, 5.74) is 16.1. The zero-order valence-corrected chi connectivity index (χ0v) is 12.7. The van der Waals surface area contributed by atoms with Crippen LogP contribution in [0.15, 0.2) is 4.99 Å². The molecule has 0 spiro atoms. The van der Waals surface area contributed by atoms with Crippen molar-refractivity contribution in [3.05, 3.63) is 10.1 Å². The second-order valence-electron chi connectivity index (χ2n) is 4.82. The molecule has 0 aliphatic rings. The van der Waals surface area contributed by atoms with Gasteiger partial charge in [0.25, 0.3) is 5.09 Å². The second kappa shape index (κ2) is 12.6. The number of hydrogen-bond donors (Lipinski definition) is 4. The van der Waals surface area contributed by atoms with Gasteiger partial charge in [0, 0.05) is 13.1 Å². The molecular weight excluding hydrogens is 292 g/mol. The first-order valence-corrected chi connectivity index (χ1v) is 7.29. The predicted molar refractivity (Wildman–Crippen MR) is 82.3 cm³/mol. The topological polar surface area (TPSA) is 172 Å². The van der Waals surface area contributed by atoms with Crippen LogP contribution in [0.25, 0.3) is 0 Å². The molecule has 0 saturated carbocycles. The van der Waals surface area contributed by atoms with E-state index >= 15 is 0 Å². The molecule has 0 aromatic heterocycles. The number of guanidine groups is 1. The molecule has 0 aliphatic carbocycles. The van der Waals surface area contributed by atoms with E-state index in [-0.39, 0.29) is 18.5 Å². The number of hydrogen-bond acceptors (Lipinski definition) is 6. The Morgan fingerprint density at radius 2 is 1.91 bits per heavy atom. The Hall–Kier alpha value is -2.10. The molecule has 10 heteroatoms. The van der Waals surface area contributed by atoms with E-state index in [1.165, 1.54) is 0 Å². The fraction of sp³-hybridized carbons (Fsp3) is 0.833. The normalized spacial score (nSPS) is 11.5. The van der Waals surface area contributed by atoms with Crippen LogP contribution in [0, 0.1) is 10.1 Å². The van der Waals surface area contributed by atoms with Crippen LogP contribution >= 0.6 is 0 Å². The van der Waals surface area contributed by atoms with E-state index in [4.69, 9.17) is 17.2 Å². The first-order chi connectivity index (χ1) is 10.4. The molecular formula is C12H26N6O4. The molecule has 0 radical (unpaired) electrons. The minimum absolute atomic E-state index is 0.0293. The van der Waals surface area contributed by atoms with Crippen molar-refractivity contribution in [2.45, 2.75) is 44.6 Å². The Morgan fingerprint density at radius 3 is 2.55 bits per heavy atom. The third-order valence-corrected chi connectivity index (χ3v) is 2.87. The van der Waals surface area contributed by atoms with Gasteiger partial charge >= 0.3 is 0 Å². The number of aliphatic imine (C=N–C) groups is 1. The fourth-order valence-electron chi connectivity index (χ4n) is 1.71. The van der Waals surface area contributed by atoms with Gasteiger partial charge < -0.3 is 27.4 Å². The highest BCUT2D eigenvalue weighted by atomic mass is 16.9. The second-order valence-corrected chi connectivity index (χ2v) is 4.82. The lowest BCUT2D eigenvalue weighted by atomic mass is 10.1. The SMILES string of the molecule is NC(N)=NCCCC(N)C(=O)NCCCCCCO[N+](=O)[O-]. The van der Waals surface area contributed by atoms with E-state index in [0.717, 1.165) is 19.3 Å². The molecule has 0 aliphatic heterocycles. The van der Waals surface area contributed by atoms with Gasteiger partial charge in [-0.2, -0.15) is 0 Å². The molecule has 0 heterocycles. The number of nitrogens with one attached hydrogen (secondary N) is 1. The quantitative estimate of drug-likeness (QED) is 0.114. The van der Waals surface area contributed by atoms with E-state index in [1.807, 2.05) is 0 Å². The third-order valence-electron chi connectivity index (χ3n) is 2.87. The third kappa shape index (κ3) is 12.9. The van der Waals surface area contributed by atoms with Gasteiger partial charge in [0.1, 0.15) is 0 Å². The highest BCUT2D eigenvalue weighted by Gasteiger charge is 2.11. The Morgan fingerprint density at radius 1 is 1.23 bits per heavy atom. The Kier molecular flexibility index (Phi) is 11.4. The van der Waals surface area contributed by atoms with Crippen LogP contribution in [0.3, 0.4) is 0 Å². The predicted octanol–water partition coefficient (Wildman–Crippen LogP) is -0.748. The van der Waals surface area contributed by atoms with E-state index < -0.39 is 11.1 Å². The Bertz CT molecular complexity index is 360.